The first-order valence-corrected chi connectivity index (χ1v) is 6.74. The highest BCUT2D eigenvalue weighted by Crippen LogP contribution is 2.27. The summed E-state index contributed by atoms with van der Waals surface area (Å²) in [6, 6.07) is 11.1. The van der Waals surface area contributed by atoms with Crippen molar-refractivity contribution < 1.29 is 14.5 Å². The van der Waals surface area contributed by atoms with Crippen molar-refractivity contribution in [2.45, 2.75) is 6.54 Å². The number of nitrogens with one attached hydrogen (secondary N) is 1. The first kappa shape index (κ1) is 15.8. The molecule has 0 spiro atoms. The zero-order valence-corrected chi connectivity index (χ0v) is 12.5. The Morgan fingerprint density at radius 3 is 2.73 bits per heavy atom. The number of amides is 1. The molecular weight excluding hydrogens is 308 g/mol. The summed E-state index contributed by atoms with van der Waals surface area (Å²) in [6.07, 6.45) is 0. The molecule has 1 amide bonds. The lowest BCUT2D eigenvalue weighted by Crippen LogP contribution is -2.22. The van der Waals surface area contributed by atoms with Gasteiger partial charge < -0.3 is 10.1 Å². The van der Waals surface area contributed by atoms with Gasteiger partial charge >= 0.3 is 5.69 Å². The molecule has 114 valence electrons. The van der Waals surface area contributed by atoms with Crippen LogP contribution in [0.1, 0.15) is 15.9 Å². The summed E-state index contributed by atoms with van der Waals surface area (Å²) >= 11 is 5.86. The monoisotopic (exact) mass is 320 g/mol. The van der Waals surface area contributed by atoms with Crippen LogP contribution >= 0.6 is 11.6 Å². The van der Waals surface area contributed by atoms with E-state index in [9.17, 15) is 14.9 Å². The van der Waals surface area contributed by atoms with E-state index in [2.05, 4.69) is 5.32 Å². The summed E-state index contributed by atoms with van der Waals surface area (Å²) in [5.41, 5.74) is 0.774. The summed E-state index contributed by atoms with van der Waals surface area (Å²) in [4.78, 5) is 22.4. The molecule has 2 aromatic rings. The van der Waals surface area contributed by atoms with Crippen LogP contribution in [0.15, 0.2) is 42.5 Å². The molecular formula is C15H13ClN2O4. The van der Waals surface area contributed by atoms with Gasteiger partial charge in [-0.2, -0.15) is 0 Å². The Bertz CT molecular complexity index is 718. The van der Waals surface area contributed by atoms with E-state index >= 15 is 0 Å². The van der Waals surface area contributed by atoms with Crippen LogP contribution < -0.4 is 10.1 Å². The Balaban J connectivity index is 2.12. The topological polar surface area (TPSA) is 81.5 Å². The van der Waals surface area contributed by atoms with Gasteiger partial charge in [-0.1, -0.05) is 23.7 Å². The fourth-order valence-corrected chi connectivity index (χ4v) is 2.12. The predicted molar refractivity (Wildman–Crippen MR) is 82.3 cm³/mol. The number of rotatable bonds is 5. The minimum absolute atomic E-state index is 0.108. The molecule has 0 saturated carbocycles. The largest absolute Gasteiger partial charge is 0.490 e. The highest BCUT2D eigenvalue weighted by molar-refractivity contribution is 6.30. The van der Waals surface area contributed by atoms with Gasteiger partial charge in [0.15, 0.2) is 5.75 Å². The lowest BCUT2D eigenvalue weighted by atomic mass is 10.1. The van der Waals surface area contributed by atoms with Crippen molar-refractivity contribution in [3.8, 4) is 5.75 Å². The average Bonchev–Trinajstić information content (AvgIpc) is 2.52. The fourth-order valence-electron chi connectivity index (χ4n) is 1.91. The number of carbonyl (C=O) groups is 1. The second-order valence-electron chi connectivity index (χ2n) is 4.46. The molecule has 0 atom stereocenters. The van der Waals surface area contributed by atoms with Crippen LogP contribution in [0.2, 0.25) is 5.02 Å². The third-order valence-corrected chi connectivity index (χ3v) is 3.21. The summed E-state index contributed by atoms with van der Waals surface area (Å²) in [6.45, 7) is 0.277. The number of methoxy groups -OCH3 is 1. The maximum Gasteiger partial charge on any atom is 0.311 e. The van der Waals surface area contributed by atoms with Gasteiger partial charge in [-0.25, -0.2) is 0 Å². The van der Waals surface area contributed by atoms with Crippen LogP contribution in [0.25, 0.3) is 0 Å². The Labute approximate surface area is 131 Å². The van der Waals surface area contributed by atoms with Gasteiger partial charge in [-0.15, -0.1) is 0 Å². The highest BCUT2D eigenvalue weighted by atomic mass is 35.5. The van der Waals surface area contributed by atoms with E-state index in [0.717, 1.165) is 5.56 Å². The first-order chi connectivity index (χ1) is 10.5. The van der Waals surface area contributed by atoms with Crippen molar-refractivity contribution in [1.29, 1.82) is 0 Å². The number of nitro benzene ring substituents is 1. The number of nitrogens with zero attached hydrogens (tertiary/aromatic N) is 1. The molecule has 0 unspecified atom stereocenters. The second-order valence-corrected chi connectivity index (χ2v) is 4.89. The number of nitro groups is 1. The fraction of sp³-hybridized carbons (Fsp3) is 0.133. The van der Waals surface area contributed by atoms with Gasteiger partial charge in [-0.3, -0.25) is 14.9 Å². The van der Waals surface area contributed by atoms with E-state index in [4.69, 9.17) is 16.3 Å². The summed E-state index contributed by atoms with van der Waals surface area (Å²) in [5.74, 6) is -0.304. The van der Waals surface area contributed by atoms with Gasteiger partial charge in [-0.05, 0) is 29.8 Å². The van der Waals surface area contributed by atoms with Crippen LogP contribution in [0.3, 0.4) is 0 Å². The zero-order chi connectivity index (χ0) is 16.1. The third-order valence-electron chi connectivity index (χ3n) is 2.98. The molecule has 0 aliphatic carbocycles. The van der Waals surface area contributed by atoms with E-state index in [0.29, 0.717) is 5.02 Å². The van der Waals surface area contributed by atoms with Gasteiger partial charge in [0.2, 0.25) is 0 Å². The Kier molecular flexibility index (Phi) is 4.95. The third kappa shape index (κ3) is 3.73. The number of benzene rings is 2. The van der Waals surface area contributed by atoms with Crippen LogP contribution in [-0.2, 0) is 6.54 Å². The summed E-state index contributed by atoms with van der Waals surface area (Å²) < 4.78 is 4.90. The summed E-state index contributed by atoms with van der Waals surface area (Å²) in [7, 11) is 1.33. The van der Waals surface area contributed by atoms with Crippen molar-refractivity contribution in [1.82, 2.24) is 5.32 Å². The first-order valence-electron chi connectivity index (χ1n) is 6.36. The number of halogens is 1. The maximum absolute atomic E-state index is 12.1. The number of ether oxygens (including phenoxy) is 1. The Hall–Kier alpha value is -2.60. The minimum Gasteiger partial charge on any atom is -0.490 e. The lowest BCUT2D eigenvalue weighted by molar-refractivity contribution is -0.385. The van der Waals surface area contributed by atoms with Gasteiger partial charge in [0.25, 0.3) is 5.91 Å². The van der Waals surface area contributed by atoms with E-state index < -0.39 is 10.8 Å². The SMILES string of the molecule is COc1ccc(C(=O)NCc2cccc(Cl)c2)cc1[N+](=O)[O-]. The molecule has 0 aromatic heterocycles. The van der Waals surface area contributed by atoms with Crippen molar-refractivity contribution >= 4 is 23.2 Å². The Morgan fingerprint density at radius 1 is 1.32 bits per heavy atom. The van der Waals surface area contributed by atoms with Crippen molar-refractivity contribution in [3.63, 3.8) is 0 Å². The molecule has 0 fully saturated rings. The number of hydrogen-bond donors (Lipinski definition) is 1. The molecule has 0 radical (unpaired) electrons. The predicted octanol–water partition coefficient (Wildman–Crippen LogP) is 3.19. The normalized spacial score (nSPS) is 10.1. The van der Waals surface area contributed by atoms with Crippen molar-refractivity contribution in [2.24, 2.45) is 0 Å². The smallest absolute Gasteiger partial charge is 0.311 e. The molecule has 0 aliphatic heterocycles. The second kappa shape index (κ2) is 6.91. The highest BCUT2D eigenvalue weighted by Gasteiger charge is 2.18. The van der Waals surface area contributed by atoms with E-state index in [1.807, 2.05) is 6.07 Å². The van der Waals surface area contributed by atoms with E-state index in [1.165, 1.54) is 25.3 Å². The molecule has 7 heteroatoms. The number of carbonyl (C=O) groups excluding carboxylic acids is 1. The van der Waals surface area contributed by atoms with Crippen LogP contribution in [0.4, 0.5) is 5.69 Å². The van der Waals surface area contributed by atoms with Gasteiger partial charge in [0.1, 0.15) is 0 Å². The van der Waals surface area contributed by atoms with E-state index in [1.54, 1.807) is 18.2 Å². The molecule has 0 aliphatic rings. The van der Waals surface area contributed by atoms with Crippen molar-refractivity contribution in [3.05, 3.63) is 68.7 Å². The zero-order valence-electron chi connectivity index (χ0n) is 11.7. The Morgan fingerprint density at radius 2 is 2.09 bits per heavy atom. The van der Waals surface area contributed by atoms with Crippen molar-refractivity contribution in [2.75, 3.05) is 7.11 Å². The lowest BCUT2D eigenvalue weighted by Gasteiger charge is -2.07. The average molecular weight is 321 g/mol. The molecule has 0 bridgehead atoms. The molecule has 1 N–H and O–H groups in total. The van der Waals surface area contributed by atoms with Crippen LogP contribution in [0, 0.1) is 10.1 Å². The van der Waals surface area contributed by atoms with Crippen LogP contribution in [-0.4, -0.2) is 17.9 Å². The molecule has 22 heavy (non-hydrogen) atoms. The standard InChI is InChI=1S/C15H13ClN2O4/c1-22-14-6-5-11(8-13(14)18(20)21)15(19)17-9-10-3-2-4-12(16)7-10/h2-8H,9H2,1H3,(H,17,19). The van der Waals surface area contributed by atoms with Crippen LogP contribution in [0.5, 0.6) is 5.75 Å². The summed E-state index contributed by atoms with van der Waals surface area (Å²) in [5, 5.41) is 14.2. The van der Waals surface area contributed by atoms with Gasteiger partial charge in [0.05, 0.1) is 12.0 Å². The quantitative estimate of drug-likeness (QED) is 0.677. The van der Waals surface area contributed by atoms with E-state index in [-0.39, 0.29) is 23.5 Å². The maximum atomic E-state index is 12.1. The number of hydrogen-bond acceptors (Lipinski definition) is 4. The molecule has 0 saturated heterocycles. The molecule has 6 nitrogen and oxygen atoms in total. The molecule has 2 rings (SSSR count). The minimum atomic E-state index is -0.591. The molecule has 0 heterocycles. The van der Waals surface area contributed by atoms with Gasteiger partial charge in [0, 0.05) is 23.2 Å². The molecule has 2 aromatic carbocycles.